The number of rotatable bonds is 5. The average Bonchev–Trinajstić information content (AvgIpc) is 3.08. The van der Waals surface area contributed by atoms with Crippen LogP contribution < -0.4 is 4.90 Å². The number of aliphatic hydroxyl groups excluding tert-OH is 2. The van der Waals surface area contributed by atoms with Crippen LogP contribution in [0.15, 0.2) is 23.2 Å². The summed E-state index contributed by atoms with van der Waals surface area (Å²) in [5, 5.41) is 19.1. The van der Waals surface area contributed by atoms with E-state index in [9.17, 15) is 18.6 Å². The SMILES string of the molecule is Cc1nc(N2CCn3c(nc4cc(CO)c(S(C)(=O)=O)cc43)[C@@H]2C(C)C)ncc1CO. The first-order valence-corrected chi connectivity index (χ1v) is 12.1. The van der Waals surface area contributed by atoms with E-state index in [1.165, 1.54) is 0 Å². The largest absolute Gasteiger partial charge is 0.392 e. The summed E-state index contributed by atoms with van der Waals surface area (Å²) in [4.78, 5) is 16.2. The maximum absolute atomic E-state index is 12.3. The Kier molecular flexibility index (Phi) is 5.48. The van der Waals surface area contributed by atoms with Crippen molar-refractivity contribution in [3.63, 3.8) is 0 Å². The summed E-state index contributed by atoms with van der Waals surface area (Å²) in [6.45, 7) is 6.81. The molecule has 2 aromatic heterocycles. The second-order valence-electron chi connectivity index (χ2n) is 8.32. The van der Waals surface area contributed by atoms with Crippen molar-refractivity contribution in [1.29, 1.82) is 0 Å². The average molecular weight is 446 g/mol. The van der Waals surface area contributed by atoms with Crippen molar-refractivity contribution in [3.05, 3.63) is 41.0 Å². The monoisotopic (exact) mass is 445 g/mol. The summed E-state index contributed by atoms with van der Waals surface area (Å²) in [5.74, 6) is 1.59. The number of hydrogen-bond donors (Lipinski definition) is 2. The van der Waals surface area contributed by atoms with Crippen molar-refractivity contribution in [2.45, 2.75) is 51.5 Å². The summed E-state index contributed by atoms with van der Waals surface area (Å²) in [6.07, 6.45) is 2.80. The molecule has 31 heavy (non-hydrogen) atoms. The molecular weight excluding hydrogens is 418 g/mol. The summed E-state index contributed by atoms with van der Waals surface area (Å²) in [7, 11) is -3.49. The van der Waals surface area contributed by atoms with Crippen LogP contribution >= 0.6 is 0 Å². The predicted molar refractivity (Wildman–Crippen MR) is 116 cm³/mol. The van der Waals surface area contributed by atoms with Gasteiger partial charge in [-0.25, -0.2) is 23.4 Å². The third kappa shape index (κ3) is 3.68. The zero-order chi connectivity index (χ0) is 22.5. The van der Waals surface area contributed by atoms with Gasteiger partial charge in [-0.1, -0.05) is 13.8 Å². The molecule has 3 aromatic rings. The molecule has 9 nitrogen and oxygen atoms in total. The lowest BCUT2D eigenvalue weighted by molar-refractivity contribution is 0.278. The number of imidazole rings is 1. The highest BCUT2D eigenvalue weighted by Crippen LogP contribution is 2.37. The number of fused-ring (bicyclic) bond motifs is 3. The predicted octanol–water partition coefficient (Wildman–Crippen LogP) is 1.74. The van der Waals surface area contributed by atoms with E-state index in [0.29, 0.717) is 35.7 Å². The van der Waals surface area contributed by atoms with E-state index < -0.39 is 9.84 Å². The summed E-state index contributed by atoms with van der Waals surface area (Å²) in [5.41, 5.74) is 3.18. The van der Waals surface area contributed by atoms with Crippen LogP contribution in [0.1, 0.15) is 42.5 Å². The van der Waals surface area contributed by atoms with Crippen molar-refractivity contribution < 1.29 is 18.6 Å². The van der Waals surface area contributed by atoms with E-state index >= 15 is 0 Å². The normalized spacial score (nSPS) is 16.9. The highest BCUT2D eigenvalue weighted by Gasteiger charge is 2.35. The number of aliphatic hydroxyl groups is 2. The Hall–Kier alpha value is -2.56. The van der Waals surface area contributed by atoms with Gasteiger partial charge in [0.1, 0.15) is 5.82 Å². The van der Waals surface area contributed by atoms with Gasteiger partial charge in [0.15, 0.2) is 9.84 Å². The molecule has 0 unspecified atom stereocenters. The van der Waals surface area contributed by atoms with Crippen LogP contribution in [0.5, 0.6) is 0 Å². The molecule has 0 saturated heterocycles. The van der Waals surface area contributed by atoms with Crippen molar-refractivity contribution in [2.24, 2.45) is 5.92 Å². The summed E-state index contributed by atoms with van der Waals surface area (Å²) < 4.78 is 26.6. The molecule has 0 spiro atoms. The van der Waals surface area contributed by atoms with Crippen molar-refractivity contribution in [3.8, 4) is 0 Å². The topological polar surface area (TPSA) is 121 Å². The van der Waals surface area contributed by atoms with E-state index in [1.54, 1.807) is 18.3 Å². The molecule has 1 aliphatic heterocycles. The first-order valence-electron chi connectivity index (χ1n) is 10.2. The molecule has 0 radical (unpaired) electrons. The molecule has 0 amide bonds. The quantitative estimate of drug-likeness (QED) is 0.609. The van der Waals surface area contributed by atoms with Gasteiger partial charge in [0.05, 0.1) is 35.2 Å². The molecule has 3 heterocycles. The molecule has 0 saturated carbocycles. The second kappa shape index (κ2) is 7.85. The standard InChI is InChI=1S/C21H27N5O4S/c1-12(2)19-20-24-16-7-14(10-27)18(31(4,29)30)8-17(16)25(20)5-6-26(19)21-22-9-15(11-28)13(3)23-21/h7-9,12,19,27-28H,5-6,10-11H2,1-4H3/t19-/m0/s1. The molecule has 2 N–H and O–H groups in total. The molecular formula is C21H27N5O4S. The van der Waals surface area contributed by atoms with Crippen molar-refractivity contribution in [1.82, 2.24) is 19.5 Å². The molecule has 10 heteroatoms. The fourth-order valence-corrected chi connectivity index (χ4v) is 5.21. The van der Waals surface area contributed by atoms with Gasteiger partial charge in [-0.15, -0.1) is 0 Å². The van der Waals surface area contributed by atoms with Gasteiger partial charge < -0.3 is 19.7 Å². The third-order valence-corrected chi connectivity index (χ3v) is 7.00. The van der Waals surface area contributed by atoms with Crippen LogP contribution in [0.2, 0.25) is 0 Å². The van der Waals surface area contributed by atoms with Crippen LogP contribution in [0, 0.1) is 12.8 Å². The lowest BCUT2D eigenvalue weighted by Crippen LogP contribution is -2.42. The second-order valence-corrected chi connectivity index (χ2v) is 10.3. The lowest BCUT2D eigenvalue weighted by atomic mass is 10.00. The van der Waals surface area contributed by atoms with E-state index in [1.807, 2.05) is 6.92 Å². The molecule has 0 fully saturated rings. The Balaban J connectivity index is 1.87. The van der Waals surface area contributed by atoms with Gasteiger partial charge in [0, 0.05) is 36.8 Å². The van der Waals surface area contributed by atoms with E-state index in [2.05, 4.69) is 33.3 Å². The number of anilines is 1. The maximum atomic E-state index is 12.3. The number of benzene rings is 1. The van der Waals surface area contributed by atoms with E-state index in [-0.39, 0.29) is 30.1 Å². The number of aryl methyl sites for hydroxylation is 1. The highest BCUT2D eigenvalue weighted by atomic mass is 32.2. The van der Waals surface area contributed by atoms with Gasteiger partial charge >= 0.3 is 0 Å². The lowest BCUT2D eigenvalue weighted by Gasteiger charge is -2.38. The van der Waals surface area contributed by atoms with Gasteiger partial charge in [0.2, 0.25) is 5.95 Å². The minimum atomic E-state index is -3.49. The Morgan fingerprint density at radius 2 is 1.84 bits per heavy atom. The van der Waals surface area contributed by atoms with Crippen LogP contribution in [-0.2, 0) is 29.6 Å². The summed E-state index contributed by atoms with van der Waals surface area (Å²) in [6, 6.07) is 3.17. The maximum Gasteiger partial charge on any atom is 0.226 e. The van der Waals surface area contributed by atoms with Crippen molar-refractivity contribution in [2.75, 3.05) is 17.7 Å². The number of hydrogen-bond acceptors (Lipinski definition) is 8. The van der Waals surface area contributed by atoms with Gasteiger partial charge in [-0.3, -0.25) is 0 Å². The Labute approximate surface area is 181 Å². The highest BCUT2D eigenvalue weighted by molar-refractivity contribution is 7.90. The molecule has 0 aliphatic carbocycles. The first-order chi connectivity index (χ1) is 14.7. The smallest absolute Gasteiger partial charge is 0.226 e. The Morgan fingerprint density at radius 3 is 2.42 bits per heavy atom. The fourth-order valence-electron chi connectivity index (χ4n) is 4.29. The van der Waals surface area contributed by atoms with Gasteiger partial charge in [0.25, 0.3) is 0 Å². The van der Waals surface area contributed by atoms with Gasteiger partial charge in [-0.05, 0) is 30.5 Å². The number of nitrogens with zero attached hydrogens (tertiary/aromatic N) is 5. The zero-order valence-corrected chi connectivity index (χ0v) is 18.9. The van der Waals surface area contributed by atoms with E-state index in [4.69, 9.17) is 4.98 Å². The fraction of sp³-hybridized carbons (Fsp3) is 0.476. The minimum absolute atomic E-state index is 0.106. The summed E-state index contributed by atoms with van der Waals surface area (Å²) >= 11 is 0. The Bertz CT molecular complexity index is 1250. The minimum Gasteiger partial charge on any atom is -0.392 e. The first kappa shape index (κ1) is 21.7. The molecule has 0 bridgehead atoms. The third-order valence-electron chi connectivity index (χ3n) is 5.82. The molecule has 1 atom stereocenters. The molecule has 1 aromatic carbocycles. The van der Waals surface area contributed by atoms with Crippen LogP contribution in [0.3, 0.4) is 0 Å². The number of sulfone groups is 1. The number of aromatic nitrogens is 4. The Morgan fingerprint density at radius 1 is 1.13 bits per heavy atom. The van der Waals surface area contributed by atoms with Crippen molar-refractivity contribution >= 4 is 26.8 Å². The van der Waals surface area contributed by atoms with Crippen LogP contribution in [0.25, 0.3) is 11.0 Å². The van der Waals surface area contributed by atoms with E-state index in [0.717, 1.165) is 23.3 Å². The zero-order valence-electron chi connectivity index (χ0n) is 18.1. The van der Waals surface area contributed by atoms with Gasteiger partial charge in [-0.2, -0.15) is 0 Å². The molecule has 166 valence electrons. The van der Waals surface area contributed by atoms with Crippen LogP contribution in [0.4, 0.5) is 5.95 Å². The molecule has 1 aliphatic rings. The van der Waals surface area contributed by atoms with Crippen LogP contribution in [-0.4, -0.2) is 51.0 Å². The molecule has 4 rings (SSSR count).